The Hall–Kier alpha value is -0.650. The van der Waals surface area contributed by atoms with Gasteiger partial charge in [0.2, 0.25) is 5.91 Å². The second-order valence-electron chi connectivity index (χ2n) is 4.97. The zero-order valence-electron chi connectivity index (χ0n) is 12.1. The lowest BCUT2D eigenvalue weighted by Crippen LogP contribution is -2.40. The number of nitrogens with zero attached hydrogens (tertiary/aromatic N) is 1. The van der Waals surface area contributed by atoms with Crippen LogP contribution in [0.1, 0.15) is 26.7 Å². The quantitative estimate of drug-likeness (QED) is 0.529. The third kappa shape index (κ3) is 10.5. The molecular formula is C13H29N3O2. The van der Waals surface area contributed by atoms with Gasteiger partial charge in [-0.2, -0.15) is 0 Å². The minimum Gasteiger partial charge on any atom is -0.385 e. The Morgan fingerprint density at radius 2 is 2.11 bits per heavy atom. The summed E-state index contributed by atoms with van der Waals surface area (Å²) in [5, 5.41) is 2.91. The van der Waals surface area contributed by atoms with Gasteiger partial charge in [0.25, 0.3) is 0 Å². The van der Waals surface area contributed by atoms with Gasteiger partial charge in [0.1, 0.15) is 0 Å². The molecule has 0 aromatic carbocycles. The van der Waals surface area contributed by atoms with Gasteiger partial charge < -0.3 is 15.8 Å². The molecule has 0 radical (unpaired) electrons. The van der Waals surface area contributed by atoms with E-state index in [0.717, 1.165) is 25.9 Å². The third-order valence-electron chi connectivity index (χ3n) is 2.52. The minimum absolute atomic E-state index is 0.0868. The van der Waals surface area contributed by atoms with E-state index in [9.17, 15) is 4.79 Å². The van der Waals surface area contributed by atoms with Gasteiger partial charge in [0.15, 0.2) is 0 Å². The predicted octanol–water partition coefficient (Wildman–Crippen LogP) is 0.446. The predicted molar refractivity (Wildman–Crippen MR) is 74.5 cm³/mol. The average Bonchev–Trinajstić information content (AvgIpc) is 2.31. The average molecular weight is 259 g/mol. The van der Waals surface area contributed by atoms with Crippen molar-refractivity contribution in [3.63, 3.8) is 0 Å². The molecule has 5 nitrogen and oxygen atoms in total. The fourth-order valence-corrected chi connectivity index (χ4v) is 1.77. The molecule has 0 spiro atoms. The topological polar surface area (TPSA) is 67.6 Å². The van der Waals surface area contributed by atoms with Crippen molar-refractivity contribution >= 4 is 5.91 Å². The van der Waals surface area contributed by atoms with Gasteiger partial charge in [-0.15, -0.1) is 0 Å². The molecule has 0 saturated heterocycles. The molecule has 0 atom stereocenters. The number of methoxy groups -OCH3 is 1. The summed E-state index contributed by atoms with van der Waals surface area (Å²) in [4.78, 5) is 13.9. The first kappa shape index (κ1) is 17.4. The maximum absolute atomic E-state index is 11.7. The number of carbonyl (C=O) groups is 1. The van der Waals surface area contributed by atoms with Crippen LogP contribution in [0, 0.1) is 5.92 Å². The summed E-state index contributed by atoms with van der Waals surface area (Å²) in [5.74, 6) is 0.646. The Morgan fingerprint density at radius 3 is 2.67 bits per heavy atom. The smallest absolute Gasteiger partial charge is 0.234 e. The van der Waals surface area contributed by atoms with Crippen LogP contribution in [0.2, 0.25) is 0 Å². The van der Waals surface area contributed by atoms with E-state index < -0.39 is 0 Å². The normalized spacial score (nSPS) is 11.2. The molecule has 0 aliphatic heterocycles. The zero-order chi connectivity index (χ0) is 13.8. The highest BCUT2D eigenvalue weighted by atomic mass is 16.5. The third-order valence-corrected chi connectivity index (χ3v) is 2.52. The lowest BCUT2D eigenvalue weighted by molar-refractivity contribution is -0.122. The summed E-state index contributed by atoms with van der Waals surface area (Å²) in [5.41, 5.74) is 5.51. The standard InChI is InChI=1S/C13H29N3O2/c1-12(2)10-16(8-4-6-14)11-13(17)15-7-5-9-18-3/h12H,4-11,14H2,1-3H3,(H,15,17). The first-order chi connectivity index (χ1) is 8.60. The molecule has 0 fully saturated rings. The summed E-state index contributed by atoms with van der Waals surface area (Å²) in [6, 6.07) is 0. The van der Waals surface area contributed by atoms with Gasteiger partial charge in [0, 0.05) is 26.8 Å². The summed E-state index contributed by atoms with van der Waals surface area (Å²) in [7, 11) is 1.67. The lowest BCUT2D eigenvalue weighted by Gasteiger charge is -2.23. The molecule has 0 heterocycles. The van der Waals surface area contributed by atoms with E-state index in [2.05, 4.69) is 24.1 Å². The number of nitrogens with one attached hydrogen (secondary N) is 1. The van der Waals surface area contributed by atoms with E-state index in [4.69, 9.17) is 10.5 Å². The summed E-state index contributed by atoms with van der Waals surface area (Å²) < 4.78 is 4.93. The van der Waals surface area contributed by atoms with Crippen molar-refractivity contribution in [1.82, 2.24) is 10.2 Å². The van der Waals surface area contributed by atoms with Crippen LogP contribution in [0.5, 0.6) is 0 Å². The molecule has 1 amide bonds. The summed E-state index contributed by atoms with van der Waals surface area (Å²) >= 11 is 0. The van der Waals surface area contributed by atoms with E-state index in [0.29, 0.717) is 32.2 Å². The molecule has 0 unspecified atom stereocenters. The van der Waals surface area contributed by atoms with Crippen molar-refractivity contribution in [3.8, 4) is 0 Å². The number of nitrogens with two attached hydrogens (primary N) is 1. The highest BCUT2D eigenvalue weighted by Crippen LogP contribution is 1.99. The Labute approximate surface area is 111 Å². The molecule has 0 aromatic heterocycles. The molecule has 18 heavy (non-hydrogen) atoms. The van der Waals surface area contributed by atoms with Crippen molar-refractivity contribution in [2.24, 2.45) is 11.7 Å². The van der Waals surface area contributed by atoms with Gasteiger partial charge in [-0.3, -0.25) is 9.69 Å². The molecule has 5 heteroatoms. The van der Waals surface area contributed by atoms with Crippen molar-refractivity contribution in [2.45, 2.75) is 26.7 Å². The second kappa shape index (κ2) is 11.4. The molecule has 0 bridgehead atoms. The number of rotatable bonds is 11. The zero-order valence-corrected chi connectivity index (χ0v) is 12.1. The van der Waals surface area contributed by atoms with Gasteiger partial charge in [-0.25, -0.2) is 0 Å². The summed E-state index contributed by atoms with van der Waals surface area (Å²) in [6.07, 6.45) is 1.79. The molecule has 0 rings (SSSR count). The Balaban J connectivity index is 3.86. The van der Waals surface area contributed by atoms with Gasteiger partial charge in [0.05, 0.1) is 6.54 Å². The number of hydrogen-bond acceptors (Lipinski definition) is 4. The van der Waals surface area contributed by atoms with E-state index >= 15 is 0 Å². The van der Waals surface area contributed by atoms with E-state index in [-0.39, 0.29) is 5.91 Å². The first-order valence-electron chi connectivity index (χ1n) is 6.78. The first-order valence-corrected chi connectivity index (χ1v) is 6.78. The van der Waals surface area contributed by atoms with Crippen LogP contribution >= 0.6 is 0 Å². The highest BCUT2D eigenvalue weighted by molar-refractivity contribution is 5.77. The molecule has 3 N–H and O–H groups in total. The monoisotopic (exact) mass is 259 g/mol. The molecule has 0 saturated carbocycles. The van der Waals surface area contributed by atoms with Gasteiger partial charge in [-0.1, -0.05) is 13.8 Å². The number of amides is 1. The van der Waals surface area contributed by atoms with Crippen LogP contribution < -0.4 is 11.1 Å². The Bertz CT molecular complexity index is 210. The fourth-order valence-electron chi connectivity index (χ4n) is 1.77. The molecular weight excluding hydrogens is 230 g/mol. The highest BCUT2D eigenvalue weighted by Gasteiger charge is 2.11. The number of ether oxygens (including phenoxy) is 1. The molecule has 0 aliphatic rings. The van der Waals surface area contributed by atoms with Crippen LogP contribution in [0.4, 0.5) is 0 Å². The number of hydrogen-bond donors (Lipinski definition) is 2. The molecule has 108 valence electrons. The Kier molecular flexibility index (Phi) is 11.0. The van der Waals surface area contributed by atoms with Crippen molar-refractivity contribution in [1.29, 1.82) is 0 Å². The van der Waals surface area contributed by atoms with E-state index in [1.165, 1.54) is 0 Å². The lowest BCUT2D eigenvalue weighted by atomic mass is 10.2. The van der Waals surface area contributed by atoms with Crippen molar-refractivity contribution in [3.05, 3.63) is 0 Å². The minimum atomic E-state index is 0.0868. The number of carbonyl (C=O) groups excluding carboxylic acids is 1. The van der Waals surface area contributed by atoms with Crippen molar-refractivity contribution < 1.29 is 9.53 Å². The second-order valence-corrected chi connectivity index (χ2v) is 4.97. The van der Waals surface area contributed by atoms with Crippen LogP contribution in [-0.2, 0) is 9.53 Å². The van der Waals surface area contributed by atoms with Crippen molar-refractivity contribution in [2.75, 3.05) is 46.4 Å². The van der Waals surface area contributed by atoms with Gasteiger partial charge >= 0.3 is 0 Å². The van der Waals surface area contributed by atoms with Crippen LogP contribution in [0.3, 0.4) is 0 Å². The van der Waals surface area contributed by atoms with Crippen LogP contribution in [0.25, 0.3) is 0 Å². The molecule has 0 aliphatic carbocycles. The summed E-state index contributed by atoms with van der Waals surface area (Å²) in [6.45, 7) is 8.64. The Morgan fingerprint density at radius 1 is 1.39 bits per heavy atom. The van der Waals surface area contributed by atoms with Crippen LogP contribution in [0.15, 0.2) is 0 Å². The largest absolute Gasteiger partial charge is 0.385 e. The van der Waals surface area contributed by atoms with Crippen LogP contribution in [-0.4, -0.2) is 57.2 Å². The van der Waals surface area contributed by atoms with E-state index in [1.54, 1.807) is 7.11 Å². The maximum atomic E-state index is 11.7. The molecule has 0 aromatic rings. The van der Waals surface area contributed by atoms with Gasteiger partial charge in [-0.05, 0) is 31.8 Å². The maximum Gasteiger partial charge on any atom is 0.234 e. The SMILES string of the molecule is COCCCNC(=O)CN(CCCN)CC(C)C. The fraction of sp³-hybridized carbons (Fsp3) is 0.923. The van der Waals surface area contributed by atoms with E-state index in [1.807, 2.05) is 0 Å².